The van der Waals surface area contributed by atoms with E-state index >= 15 is 0 Å². The summed E-state index contributed by atoms with van der Waals surface area (Å²) in [6.45, 7) is 9.58. The summed E-state index contributed by atoms with van der Waals surface area (Å²) in [5.41, 5.74) is 0.416. The van der Waals surface area contributed by atoms with E-state index in [0.29, 0.717) is 56.7 Å². The molecule has 0 saturated carbocycles. The van der Waals surface area contributed by atoms with Crippen molar-refractivity contribution in [2.75, 3.05) is 38.2 Å². The summed E-state index contributed by atoms with van der Waals surface area (Å²) < 4.78 is 16.3. The van der Waals surface area contributed by atoms with Crippen LogP contribution in [0.15, 0.2) is 23.2 Å². The number of anilines is 1. The van der Waals surface area contributed by atoms with Crippen molar-refractivity contribution in [2.45, 2.75) is 52.5 Å². The molecule has 0 aromatic heterocycles. The molecule has 0 atom stereocenters. The largest absolute Gasteiger partial charge is 0.490 e. The third kappa shape index (κ3) is 9.59. The van der Waals surface area contributed by atoms with Crippen molar-refractivity contribution < 1.29 is 23.8 Å². The van der Waals surface area contributed by atoms with E-state index in [1.54, 1.807) is 6.92 Å². The number of hydrogen-bond acceptors (Lipinski definition) is 6. The second kappa shape index (κ2) is 12.0. The predicted molar refractivity (Wildman–Crippen MR) is 120 cm³/mol. The van der Waals surface area contributed by atoms with E-state index in [-0.39, 0.29) is 24.0 Å². The van der Waals surface area contributed by atoms with Gasteiger partial charge in [0, 0.05) is 36.7 Å². The van der Waals surface area contributed by atoms with Gasteiger partial charge in [0.25, 0.3) is 0 Å². The lowest BCUT2D eigenvalue weighted by atomic mass is 10.1. The number of esters is 1. The Morgan fingerprint density at radius 2 is 1.90 bits per heavy atom. The molecule has 1 aliphatic rings. The van der Waals surface area contributed by atoms with Crippen LogP contribution < -0.4 is 25.4 Å². The number of benzene rings is 1. The third-order valence-corrected chi connectivity index (χ3v) is 4.06. The zero-order chi connectivity index (χ0) is 22.7. The second-order valence-corrected chi connectivity index (χ2v) is 8.14. The minimum Gasteiger partial charge on any atom is -0.490 e. The highest BCUT2D eigenvalue weighted by molar-refractivity contribution is 5.95. The summed E-state index contributed by atoms with van der Waals surface area (Å²) in [4.78, 5) is 28.1. The molecule has 1 heterocycles. The van der Waals surface area contributed by atoms with Crippen molar-refractivity contribution in [1.82, 2.24) is 10.6 Å². The fourth-order valence-electron chi connectivity index (χ4n) is 2.80. The lowest BCUT2D eigenvalue weighted by Crippen LogP contribution is -2.42. The van der Waals surface area contributed by atoms with Crippen molar-refractivity contribution in [1.29, 1.82) is 0 Å². The minimum atomic E-state index is -0.332. The van der Waals surface area contributed by atoms with Gasteiger partial charge in [0.05, 0.1) is 19.8 Å². The monoisotopic (exact) mass is 434 g/mol. The first kappa shape index (κ1) is 24.3. The molecule has 31 heavy (non-hydrogen) atoms. The van der Waals surface area contributed by atoms with Crippen LogP contribution in [0, 0.1) is 0 Å². The summed E-state index contributed by atoms with van der Waals surface area (Å²) in [6.07, 6.45) is 1.71. The minimum absolute atomic E-state index is 0.0327. The topological polar surface area (TPSA) is 110 Å². The van der Waals surface area contributed by atoms with E-state index in [9.17, 15) is 9.59 Å². The Morgan fingerprint density at radius 3 is 2.61 bits per heavy atom. The van der Waals surface area contributed by atoms with E-state index in [1.165, 1.54) is 0 Å². The van der Waals surface area contributed by atoms with Gasteiger partial charge in [-0.2, -0.15) is 0 Å². The molecule has 0 radical (unpaired) electrons. The molecule has 0 aliphatic carbocycles. The lowest BCUT2D eigenvalue weighted by molar-refractivity contribution is -0.143. The Morgan fingerprint density at radius 1 is 1.16 bits per heavy atom. The SMILES string of the molecule is CCOC(=O)CCCNC(=NCC(=O)NC(C)(C)C)Nc1ccc2c(c1)OCCCO2. The first-order valence-corrected chi connectivity index (χ1v) is 10.7. The van der Waals surface area contributed by atoms with Crippen LogP contribution in [-0.2, 0) is 14.3 Å². The zero-order valence-electron chi connectivity index (χ0n) is 18.9. The highest BCUT2D eigenvalue weighted by Crippen LogP contribution is 2.32. The van der Waals surface area contributed by atoms with Crippen molar-refractivity contribution in [3.63, 3.8) is 0 Å². The fourth-order valence-corrected chi connectivity index (χ4v) is 2.80. The number of ether oxygens (including phenoxy) is 3. The van der Waals surface area contributed by atoms with E-state index in [2.05, 4.69) is 20.9 Å². The second-order valence-electron chi connectivity index (χ2n) is 8.14. The van der Waals surface area contributed by atoms with E-state index in [0.717, 1.165) is 12.1 Å². The molecule has 1 amide bonds. The summed E-state index contributed by atoms with van der Waals surface area (Å²) in [7, 11) is 0. The number of aliphatic imine (C=N–C) groups is 1. The molecule has 0 bridgehead atoms. The normalized spacial score (nSPS) is 13.7. The molecule has 0 saturated heterocycles. The molecule has 172 valence electrons. The Bertz CT molecular complexity index is 774. The molecule has 0 fully saturated rings. The number of amides is 1. The molecule has 0 unspecified atom stereocenters. The number of fused-ring (bicyclic) bond motifs is 1. The highest BCUT2D eigenvalue weighted by atomic mass is 16.5. The molecule has 1 aromatic carbocycles. The fraction of sp³-hybridized carbons (Fsp3) is 0.591. The quantitative estimate of drug-likeness (QED) is 0.249. The number of guanidine groups is 1. The van der Waals surface area contributed by atoms with Gasteiger partial charge in [-0.1, -0.05) is 0 Å². The first-order valence-electron chi connectivity index (χ1n) is 10.7. The molecule has 1 aromatic rings. The Labute approximate surface area is 183 Å². The standard InChI is InChI=1S/C22H34N4O5/c1-5-29-20(28)8-6-11-23-21(24-15-19(27)26-22(2,3)4)25-16-9-10-17-18(14-16)31-13-7-12-30-17/h9-10,14H,5-8,11-13,15H2,1-4H3,(H,26,27)(H2,23,24,25). The highest BCUT2D eigenvalue weighted by Gasteiger charge is 2.14. The van der Waals surface area contributed by atoms with Crippen LogP contribution in [0.5, 0.6) is 11.5 Å². The Hall–Kier alpha value is -2.97. The Kier molecular flexibility index (Phi) is 9.42. The maximum Gasteiger partial charge on any atom is 0.305 e. The van der Waals surface area contributed by atoms with Crippen LogP contribution in [-0.4, -0.2) is 56.3 Å². The molecule has 2 rings (SSSR count). The van der Waals surface area contributed by atoms with Crippen LogP contribution >= 0.6 is 0 Å². The molecular formula is C22H34N4O5. The van der Waals surface area contributed by atoms with Gasteiger partial charge in [-0.3, -0.25) is 9.59 Å². The van der Waals surface area contributed by atoms with Crippen LogP contribution in [0.4, 0.5) is 5.69 Å². The van der Waals surface area contributed by atoms with Gasteiger partial charge in [-0.25, -0.2) is 4.99 Å². The molecular weight excluding hydrogens is 400 g/mol. The van der Waals surface area contributed by atoms with Crippen LogP contribution in [0.2, 0.25) is 0 Å². The zero-order valence-corrected chi connectivity index (χ0v) is 18.9. The number of nitrogens with zero attached hydrogens (tertiary/aromatic N) is 1. The van der Waals surface area contributed by atoms with Crippen molar-refractivity contribution in [3.8, 4) is 11.5 Å². The van der Waals surface area contributed by atoms with Gasteiger partial charge in [0.15, 0.2) is 17.5 Å². The average Bonchev–Trinajstić information content (AvgIpc) is 2.93. The maximum atomic E-state index is 12.2. The van der Waals surface area contributed by atoms with Crippen molar-refractivity contribution in [3.05, 3.63) is 18.2 Å². The predicted octanol–water partition coefficient (Wildman–Crippen LogP) is 2.46. The number of carbonyl (C=O) groups is 2. The van der Waals surface area contributed by atoms with Gasteiger partial charge in [-0.15, -0.1) is 0 Å². The molecule has 0 spiro atoms. The summed E-state index contributed by atoms with van der Waals surface area (Å²) in [6, 6.07) is 5.54. The van der Waals surface area contributed by atoms with Gasteiger partial charge < -0.3 is 30.2 Å². The van der Waals surface area contributed by atoms with Crippen LogP contribution in [0.3, 0.4) is 0 Å². The van der Waals surface area contributed by atoms with Gasteiger partial charge in [0.1, 0.15) is 6.54 Å². The molecule has 1 aliphatic heterocycles. The number of rotatable bonds is 8. The lowest BCUT2D eigenvalue weighted by Gasteiger charge is -2.20. The number of nitrogens with one attached hydrogen (secondary N) is 3. The maximum absolute atomic E-state index is 12.2. The molecule has 9 nitrogen and oxygen atoms in total. The summed E-state index contributed by atoms with van der Waals surface area (Å²) in [5.74, 6) is 1.38. The van der Waals surface area contributed by atoms with Gasteiger partial charge in [-0.05, 0) is 46.2 Å². The molecule has 9 heteroatoms. The number of hydrogen-bond donors (Lipinski definition) is 3. The Balaban J connectivity index is 2.02. The van der Waals surface area contributed by atoms with E-state index in [4.69, 9.17) is 14.2 Å². The van der Waals surface area contributed by atoms with Crippen molar-refractivity contribution >= 4 is 23.5 Å². The smallest absolute Gasteiger partial charge is 0.305 e. The third-order valence-electron chi connectivity index (χ3n) is 4.06. The average molecular weight is 435 g/mol. The van der Waals surface area contributed by atoms with Gasteiger partial charge >= 0.3 is 5.97 Å². The summed E-state index contributed by atoms with van der Waals surface area (Å²) in [5, 5.41) is 9.23. The first-order chi connectivity index (χ1) is 14.8. The summed E-state index contributed by atoms with van der Waals surface area (Å²) >= 11 is 0. The number of carbonyl (C=O) groups excluding carboxylic acids is 2. The van der Waals surface area contributed by atoms with E-state index in [1.807, 2.05) is 39.0 Å². The van der Waals surface area contributed by atoms with Gasteiger partial charge in [0.2, 0.25) is 5.91 Å². The van der Waals surface area contributed by atoms with Crippen molar-refractivity contribution in [2.24, 2.45) is 4.99 Å². The van der Waals surface area contributed by atoms with Crippen LogP contribution in [0.25, 0.3) is 0 Å². The molecule has 3 N–H and O–H groups in total. The van der Waals surface area contributed by atoms with E-state index < -0.39 is 0 Å². The van der Waals surface area contributed by atoms with Crippen LogP contribution in [0.1, 0.15) is 47.0 Å².